The van der Waals surface area contributed by atoms with Crippen LogP contribution in [-0.4, -0.2) is 20.3 Å². The molecule has 4 heteroatoms. The molecule has 0 saturated carbocycles. The Morgan fingerprint density at radius 2 is 2.05 bits per heavy atom. The lowest BCUT2D eigenvalue weighted by Crippen LogP contribution is -2.15. The maximum absolute atomic E-state index is 9.02. The third-order valence-corrected chi connectivity index (χ3v) is 3.27. The average Bonchev–Trinajstić information content (AvgIpc) is 2.48. The molecule has 0 atom stereocenters. The van der Waals surface area contributed by atoms with E-state index in [0.717, 1.165) is 31.0 Å². The lowest BCUT2D eigenvalue weighted by molar-refractivity contribution is 0.252. The summed E-state index contributed by atoms with van der Waals surface area (Å²) >= 11 is 0. The maximum Gasteiger partial charge on any atom is 0.161 e. The Kier molecular flexibility index (Phi) is 7.04. The lowest BCUT2D eigenvalue weighted by Gasteiger charge is -2.17. The first-order valence-corrected chi connectivity index (χ1v) is 7.44. The Labute approximate surface area is 128 Å². The third-order valence-electron chi connectivity index (χ3n) is 3.27. The Morgan fingerprint density at radius 3 is 2.67 bits per heavy atom. The highest BCUT2D eigenvalue weighted by molar-refractivity contribution is 5.42. The topological polar surface area (TPSA) is 54.3 Å². The van der Waals surface area contributed by atoms with E-state index in [0.29, 0.717) is 13.0 Å². The predicted molar refractivity (Wildman–Crippen MR) is 84.5 cm³/mol. The Morgan fingerprint density at radius 1 is 1.29 bits per heavy atom. The summed E-state index contributed by atoms with van der Waals surface area (Å²) in [5, 5.41) is 12.4. The van der Waals surface area contributed by atoms with Gasteiger partial charge in [-0.3, -0.25) is 0 Å². The van der Waals surface area contributed by atoms with Crippen LogP contribution in [0.2, 0.25) is 0 Å². The molecular weight excluding hydrogens is 264 g/mol. The predicted octanol–water partition coefficient (Wildman–Crippen LogP) is 3.51. The van der Waals surface area contributed by atoms with E-state index in [9.17, 15) is 0 Å². The van der Waals surface area contributed by atoms with E-state index in [4.69, 9.17) is 14.7 Å². The summed E-state index contributed by atoms with van der Waals surface area (Å²) in [5.41, 5.74) is 0.798. The van der Waals surface area contributed by atoms with Crippen LogP contribution < -0.4 is 14.8 Å². The van der Waals surface area contributed by atoms with Gasteiger partial charge in [0.05, 0.1) is 25.2 Å². The highest BCUT2D eigenvalue weighted by Crippen LogP contribution is 2.29. The summed E-state index contributed by atoms with van der Waals surface area (Å²) in [6, 6.07) is 8.24. The fraction of sp³-hybridized carbons (Fsp3) is 0.588. The van der Waals surface area contributed by atoms with Crippen LogP contribution in [0.3, 0.4) is 0 Å². The van der Waals surface area contributed by atoms with E-state index < -0.39 is 0 Å². The first-order valence-electron chi connectivity index (χ1n) is 7.44. The van der Waals surface area contributed by atoms with E-state index in [1.165, 1.54) is 5.56 Å². The van der Waals surface area contributed by atoms with E-state index >= 15 is 0 Å². The summed E-state index contributed by atoms with van der Waals surface area (Å²) in [4.78, 5) is 0. The van der Waals surface area contributed by atoms with Crippen LogP contribution in [0.4, 0.5) is 0 Å². The molecule has 0 heterocycles. The van der Waals surface area contributed by atoms with E-state index in [1.54, 1.807) is 7.11 Å². The number of hydrogen-bond donors (Lipinski definition) is 1. The summed E-state index contributed by atoms with van der Waals surface area (Å²) in [5.74, 6) is 1.46. The molecule has 0 radical (unpaired) electrons. The number of nitrogens with zero attached hydrogens (tertiary/aromatic N) is 1. The second kappa shape index (κ2) is 8.53. The van der Waals surface area contributed by atoms with Crippen LogP contribution in [0.15, 0.2) is 18.2 Å². The van der Waals surface area contributed by atoms with Gasteiger partial charge in [-0.05, 0) is 50.9 Å². The number of ether oxygens (including phenoxy) is 2. The van der Waals surface area contributed by atoms with E-state index in [-0.39, 0.29) is 5.41 Å². The molecule has 1 aromatic rings. The van der Waals surface area contributed by atoms with E-state index in [2.05, 4.69) is 18.3 Å². The van der Waals surface area contributed by atoms with Gasteiger partial charge in [-0.15, -0.1) is 0 Å². The zero-order valence-electron chi connectivity index (χ0n) is 13.5. The third kappa shape index (κ3) is 6.05. The molecule has 0 amide bonds. The van der Waals surface area contributed by atoms with Gasteiger partial charge >= 0.3 is 0 Å². The monoisotopic (exact) mass is 290 g/mol. The largest absolute Gasteiger partial charge is 0.493 e. The lowest BCUT2D eigenvalue weighted by atomic mass is 9.92. The van der Waals surface area contributed by atoms with Gasteiger partial charge in [0.15, 0.2) is 11.5 Å². The van der Waals surface area contributed by atoms with Gasteiger partial charge in [0.1, 0.15) is 0 Å². The van der Waals surface area contributed by atoms with Gasteiger partial charge in [-0.25, -0.2) is 0 Å². The first-order chi connectivity index (χ1) is 10.0. The number of benzene rings is 1. The van der Waals surface area contributed by atoms with E-state index in [1.807, 2.05) is 32.0 Å². The number of nitrogens with one attached hydrogen (secondary N) is 1. The molecule has 1 rings (SSSR count). The summed E-state index contributed by atoms with van der Waals surface area (Å²) in [6.45, 7) is 8.29. The van der Waals surface area contributed by atoms with Crippen molar-refractivity contribution < 1.29 is 9.47 Å². The molecule has 0 bridgehead atoms. The SMILES string of the molecule is CCCNCc1ccc(OC)c(OCCC(C)(C)C#N)c1. The van der Waals surface area contributed by atoms with Crippen molar-refractivity contribution in [1.82, 2.24) is 5.32 Å². The summed E-state index contributed by atoms with van der Waals surface area (Å²) in [7, 11) is 1.64. The molecule has 0 aliphatic carbocycles. The van der Waals surface area contributed by atoms with Crippen LogP contribution >= 0.6 is 0 Å². The molecule has 0 spiro atoms. The molecule has 0 aliphatic heterocycles. The van der Waals surface area contributed by atoms with Crippen molar-refractivity contribution in [2.75, 3.05) is 20.3 Å². The molecule has 0 saturated heterocycles. The quantitative estimate of drug-likeness (QED) is 0.707. The molecule has 0 aromatic heterocycles. The average molecular weight is 290 g/mol. The second-order valence-corrected chi connectivity index (χ2v) is 5.76. The highest BCUT2D eigenvalue weighted by Gasteiger charge is 2.17. The summed E-state index contributed by atoms with van der Waals surface area (Å²) < 4.78 is 11.1. The Bertz CT molecular complexity index is 478. The second-order valence-electron chi connectivity index (χ2n) is 5.76. The van der Waals surface area contributed by atoms with Crippen molar-refractivity contribution in [2.45, 2.75) is 40.2 Å². The normalized spacial score (nSPS) is 11.0. The van der Waals surface area contributed by atoms with Gasteiger partial charge in [0.25, 0.3) is 0 Å². The van der Waals surface area contributed by atoms with Crippen molar-refractivity contribution in [3.8, 4) is 17.6 Å². The van der Waals surface area contributed by atoms with Gasteiger partial charge in [0, 0.05) is 6.54 Å². The zero-order valence-corrected chi connectivity index (χ0v) is 13.5. The molecule has 1 N–H and O–H groups in total. The number of hydrogen-bond acceptors (Lipinski definition) is 4. The Hall–Kier alpha value is -1.73. The van der Waals surface area contributed by atoms with Crippen LogP contribution in [0.25, 0.3) is 0 Å². The van der Waals surface area contributed by atoms with Crippen LogP contribution in [-0.2, 0) is 6.54 Å². The van der Waals surface area contributed by atoms with Crippen molar-refractivity contribution >= 4 is 0 Å². The maximum atomic E-state index is 9.02. The Balaban J connectivity index is 2.65. The molecule has 0 fully saturated rings. The van der Waals surface area contributed by atoms with Crippen molar-refractivity contribution in [2.24, 2.45) is 5.41 Å². The zero-order chi connectivity index (χ0) is 15.7. The minimum Gasteiger partial charge on any atom is -0.493 e. The van der Waals surface area contributed by atoms with Gasteiger partial charge in [0.2, 0.25) is 0 Å². The standard InChI is InChI=1S/C17H26N2O2/c1-5-9-19-12-14-6-7-15(20-4)16(11-14)21-10-8-17(2,3)13-18/h6-7,11,19H,5,8-10,12H2,1-4H3. The summed E-state index contributed by atoms with van der Waals surface area (Å²) in [6.07, 6.45) is 1.80. The number of nitriles is 1. The number of methoxy groups -OCH3 is 1. The minimum absolute atomic E-state index is 0.368. The smallest absolute Gasteiger partial charge is 0.161 e. The fourth-order valence-corrected chi connectivity index (χ4v) is 1.83. The van der Waals surface area contributed by atoms with Crippen molar-refractivity contribution in [1.29, 1.82) is 5.26 Å². The van der Waals surface area contributed by atoms with Gasteiger partial charge in [-0.1, -0.05) is 13.0 Å². The van der Waals surface area contributed by atoms with Gasteiger partial charge in [-0.2, -0.15) is 5.26 Å². The van der Waals surface area contributed by atoms with Gasteiger partial charge < -0.3 is 14.8 Å². The molecule has 4 nitrogen and oxygen atoms in total. The molecular formula is C17H26N2O2. The molecule has 1 aromatic carbocycles. The molecule has 21 heavy (non-hydrogen) atoms. The highest BCUT2D eigenvalue weighted by atomic mass is 16.5. The van der Waals surface area contributed by atoms with Crippen molar-refractivity contribution in [3.05, 3.63) is 23.8 Å². The fourth-order valence-electron chi connectivity index (χ4n) is 1.83. The minimum atomic E-state index is -0.368. The van der Waals surface area contributed by atoms with Crippen LogP contribution in [0.1, 0.15) is 39.2 Å². The first kappa shape index (κ1) is 17.3. The molecule has 0 unspecified atom stereocenters. The number of rotatable bonds is 9. The van der Waals surface area contributed by atoms with Crippen LogP contribution in [0.5, 0.6) is 11.5 Å². The van der Waals surface area contributed by atoms with Crippen molar-refractivity contribution in [3.63, 3.8) is 0 Å². The van der Waals surface area contributed by atoms with Crippen LogP contribution in [0, 0.1) is 16.7 Å². The molecule has 116 valence electrons. The molecule has 0 aliphatic rings.